The van der Waals surface area contributed by atoms with E-state index < -0.39 is 0 Å². The summed E-state index contributed by atoms with van der Waals surface area (Å²) in [5.41, 5.74) is 1.19. The quantitative estimate of drug-likeness (QED) is 0.719. The molecule has 0 N–H and O–H groups in total. The first-order valence-corrected chi connectivity index (χ1v) is 7.76. The second-order valence-corrected chi connectivity index (χ2v) is 5.40. The first-order chi connectivity index (χ1) is 10.6. The molecule has 0 radical (unpaired) electrons. The summed E-state index contributed by atoms with van der Waals surface area (Å²) in [5, 5.41) is 0. The molecule has 3 amide bonds. The number of hydrogen-bond donors (Lipinski definition) is 0. The van der Waals surface area contributed by atoms with Gasteiger partial charge in [0.2, 0.25) is 17.7 Å². The van der Waals surface area contributed by atoms with Crippen molar-refractivity contribution in [2.45, 2.75) is 32.6 Å². The van der Waals surface area contributed by atoms with Gasteiger partial charge in [0.15, 0.2) is 0 Å². The molecule has 0 aromatic heterocycles. The van der Waals surface area contributed by atoms with E-state index in [1.807, 2.05) is 37.3 Å². The Labute approximate surface area is 130 Å². The maximum absolute atomic E-state index is 12.2. The summed E-state index contributed by atoms with van der Waals surface area (Å²) in [5.74, 6) is -0.332. The lowest BCUT2D eigenvalue weighted by Crippen LogP contribution is -2.37. The van der Waals surface area contributed by atoms with E-state index in [0.717, 1.165) is 6.42 Å². The van der Waals surface area contributed by atoms with Gasteiger partial charge in [0.1, 0.15) is 0 Å². The van der Waals surface area contributed by atoms with Crippen LogP contribution in [0.1, 0.15) is 31.7 Å². The van der Waals surface area contributed by atoms with Crippen molar-refractivity contribution in [3.63, 3.8) is 0 Å². The highest BCUT2D eigenvalue weighted by Crippen LogP contribution is 2.12. The zero-order valence-electron chi connectivity index (χ0n) is 13.0. The second kappa shape index (κ2) is 7.73. The number of imide groups is 1. The van der Waals surface area contributed by atoms with Crippen LogP contribution in [0.3, 0.4) is 0 Å². The number of benzene rings is 1. The third kappa shape index (κ3) is 4.16. The summed E-state index contributed by atoms with van der Waals surface area (Å²) in [6, 6.07) is 10.0. The number of rotatable bonds is 7. The molecular weight excluding hydrogens is 280 g/mol. The Balaban J connectivity index is 1.81. The van der Waals surface area contributed by atoms with Gasteiger partial charge in [0.25, 0.3) is 0 Å². The van der Waals surface area contributed by atoms with Crippen LogP contribution in [-0.4, -0.2) is 47.2 Å². The van der Waals surface area contributed by atoms with E-state index in [0.29, 0.717) is 13.1 Å². The highest BCUT2D eigenvalue weighted by Gasteiger charge is 2.29. The number of likely N-dealkylation sites (N-methyl/N-ethyl adjacent to an activating group) is 1. The van der Waals surface area contributed by atoms with E-state index in [-0.39, 0.29) is 43.5 Å². The van der Waals surface area contributed by atoms with Gasteiger partial charge in [-0.1, -0.05) is 30.3 Å². The van der Waals surface area contributed by atoms with Gasteiger partial charge < -0.3 is 4.90 Å². The molecule has 5 heteroatoms. The summed E-state index contributed by atoms with van der Waals surface area (Å²) in [6.45, 7) is 3.43. The molecular formula is C17H22N2O3. The Kier molecular flexibility index (Phi) is 5.69. The second-order valence-electron chi connectivity index (χ2n) is 5.40. The largest absolute Gasteiger partial charge is 0.343 e. The van der Waals surface area contributed by atoms with E-state index in [1.165, 1.54) is 10.5 Å². The smallest absolute Gasteiger partial charge is 0.229 e. The highest BCUT2D eigenvalue weighted by molar-refractivity contribution is 6.02. The third-order valence-corrected chi connectivity index (χ3v) is 3.95. The van der Waals surface area contributed by atoms with Crippen molar-refractivity contribution in [3.05, 3.63) is 35.9 Å². The predicted molar refractivity (Wildman–Crippen MR) is 83.0 cm³/mol. The summed E-state index contributed by atoms with van der Waals surface area (Å²) < 4.78 is 0. The first kappa shape index (κ1) is 16.2. The fraction of sp³-hybridized carbons (Fsp3) is 0.471. The monoisotopic (exact) mass is 302 g/mol. The number of carbonyl (C=O) groups is 3. The van der Waals surface area contributed by atoms with Gasteiger partial charge in [-0.3, -0.25) is 19.3 Å². The summed E-state index contributed by atoms with van der Waals surface area (Å²) >= 11 is 0. The lowest BCUT2D eigenvalue weighted by atomic mass is 10.1. The molecule has 5 nitrogen and oxygen atoms in total. The van der Waals surface area contributed by atoms with Crippen LogP contribution >= 0.6 is 0 Å². The number of amides is 3. The van der Waals surface area contributed by atoms with Crippen molar-refractivity contribution in [1.29, 1.82) is 0 Å². The van der Waals surface area contributed by atoms with Crippen LogP contribution in [0.2, 0.25) is 0 Å². The minimum Gasteiger partial charge on any atom is -0.343 e. The molecule has 1 aliphatic heterocycles. The van der Waals surface area contributed by atoms with Gasteiger partial charge in [-0.15, -0.1) is 0 Å². The summed E-state index contributed by atoms with van der Waals surface area (Å²) in [4.78, 5) is 38.3. The van der Waals surface area contributed by atoms with Gasteiger partial charge in [-0.2, -0.15) is 0 Å². The Hall–Kier alpha value is -2.17. The Morgan fingerprint density at radius 2 is 1.77 bits per heavy atom. The molecule has 22 heavy (non-hydrogen) atoms. The number of carbonyl (C=O) groups excluding carboxylic acids is 3. The van der Waals surface area contributed by atoms with E-state index in [4.69, 9.17) is 0 Å². The van der Waals surface area contributed by atoms with E-state index in [1.54, 1.807) is 4.90 Å². The van der Waals surface area contributed by atoms with Crippen molar-refractivity contribution in [1.82, 2.24) is 9.80 Å². The first-order valence-electron chi connectivity index (χ1n) is 7.76. The van der Waals surface area contributed by atoms with E-state index in [9.17, 15) is 14.4 Å². The average molecular weight is 302 g/mol. The molecule has 0 spiro atoms. The average Bonchev–Trinajstić information content (AvgIpc) is 2.85. The van der Waals surface area contributed by atoms with Crippen LogP contribution in [-0.2, 0) is 20.8 Å². The van der Waals surface area contributed by atoms with Crippen LogP contribution in [0.5, 0.6) is 0 Å². The topological polar surface area (TPSA) is 57.7 Å². The molecule has 0 bridgehead atoms. The van der Waals surface area contributed by atoms with Gasteiger partial charge in [0, 0.05) is 38.9 Å². The zero-order chi connectivity index (χ0) is 15.9. The van der Waals surface area contributed by atoms with Crippen molar-refractivity contribution < 1.29 is 14.4 Å². The minimum absolute atomic E-state index is 0.00840. The van der Waals surface area contributed by atoms with Crippen molar-refractivity contribution in [2.75, 3.05) is 19.6 Å². The molecule has 2 rings (SSSR count). The van der Waals surface area contributed by atoms with Gasteiger partial charge in [-0.05, 0) is 18.9 Å². The number of likely N-dealkylation sites (tertiary alicyclic amines) is 1. The molecule has 0 unspecified atom stereocenters. The maximum Gasteiger partial charge on any atom is 0.229 e. The molecule has 0 atom stereocenters. The molecule has 0 aliphatic carbocycles. The SMILES string of the molecule is CCN(CCc1ccccc1)C(=O)CCN1C(=O)CCC1=O. The van der Waals surface area contributed by atoms with Crippen LogP contribution in [0, 0.1) is 0 Å². The lowest BCUT2D eigenvalue weighted by molar-refractivity contribution is -0.139. The summed E-state index contributed by atoms with van der Waals surface area (Å²) in [7, 11) is 0. The number of hydrogen-bond acceptors (Lipinski definition) is 3. The molecule has 1 aromatic rings. The van der Waals surface area contributed by atoms with E-state index in [2.05, 4.69) is 0 Å². The fourth-order valence-corrected chi connectivity index (χ4v) is 2.61. The van der Waals surface area contributed by atoms with Gasteiger partial charge in [0.05, 0.1) is 0 Å². The molecule has 0 saturated carbocycles. The number of nitrogens with zero attached hydrogens (tertiary/aromatic N) is 2. The minimum atomic E-state index is -0.162. The maximum atomic E-state index is 12.2. The highest BCUT2D eigenvalue weighted by atomic mass is 16.2. The Morgan fingerprint density at radius 1 is 1.14 bits per heavy atom. The fourth-order valence-electron chi connectivity index (χ4n) is 2.61. The molecule has 1 aliphatic rings. The Morgan fingerprint density at radius 3 is 2.36 bits per heavy atom. The van der Waals surface area contributed by atoms with Crippen LogP contribution < -0.4 is 0 Å². The van der Waals surface area contributed by atoms with Crippen LogP contribution in [0.25, 0.3) is 0 Å². The van der Waals surface area contributed by atoms with Crippen LogP contribution in [0.4, 0.5) is 0 Å². The van der Waals surface area contributed by atoms with Gasteiger partial charge in [-0.25, -0.2) is 0 Å². The molecule has 1 aromatic carbocycles. The van der Waals surface area contributed by atoms with Crippen LogP contribution in [0.15, 0.2) is 30.3 Å². The molecule has 1 saturated heterocycles. The van der Waals surface area contributed by atoms with Crippen molar-refractivity contribution >= 4 is 17.7 Å². The normalized spacial score (nSPS) is 14.5. The lowest BCUT2D eigenvalue weighted by Gasteiger charge is -2.22. The van der Waals surface area contributed by atoms with E-state index >= 15 is 0 Å². The standard InChI is InChI=1S/C17H22N2O3/c1-2-18(12-10-14-6-4-3-5-7-14)15(20)11-13-19-16(21)8-9-17(19)22/h3-7H,2,8-13H2,1H3. The summed E-state index contributed by atoms with van der Waals surface area (Å²) in [6.07, 6.45) is 1.57. The van der Waals surface area contributed by atoms with Gasteiger partial charge >= 0.3 is 0 Å². The Bertz CT molecular complexity index is 526. The predicted octanol–water partition coefficient (Wildman–Crippen LogP) is 1.62. The van der Waals surface area contributed by atoms with Crippen molar-refractivity contribution in [3.8, 4) is 0 Å². The molecule has 1 fully saturated rings. The van der Waals surface area contributed by atoms with Crippen molar-refractivity contribution in [2.24, 2.45) is 0 Å². The zero-order valence-corrected chi connectivity index (χ0v) is 13.0. The molecule has 118 valence electrons. The third-order valence-electron chi connectivity index (χ3n) is 3.95. The molecule has 1 heterocycles.